The Kier molecular flexibility index (Phi) is 53.9. The lowest BCUT2D eigenvalue weighted by molar-refractivity contribution is -0.161. The van der Waals surface area contributed by atoms with E-state index in [0.29, 0.717) is 37.5 Å². The summed E-state index contributed by atoms with van der Waals surface area (Å²) in [5, 5.41) is 10.5. The van der Waals surface area contributed by atoms with Crippen molar-refractivity contribution in [2.75, 3.05) is 39.6 Å². The van der Waals surface area contributed by atoms with Gasteiger partial charge in [0.15, 0.2) is 12.2 Å². The molecule has 0 heterocycles. The Hall–Kier alpha value is -1.94. The molecule has 0 aliphatic rings. The van der Waals surface area contributed by atoms with E-state index in [4.69, 9.17) is 37.0 Å². The van der Waals surface area contributed by atoms with Crippen molar-refractivity contribution in [1.82, 2.24) is 0 Å². The van der Waals surface area contributed by atoms with Crippen LogP contribution in [-0.4, -0.2) is 96.7 Å². The van der Waals surface area contributed by atoms with Crippen molar-refractivity contribution in [2.24, 2.45) is 23.7 Å². The molecule has 0 saturated heterocycles. The monoisotopic (exact) mass is 1240 g/mol. The lowest BCUT2D eigenvalue weighted by Crippen LogP contribution is -2.30. The zero-order valence-corrected chi connectivity index (χ0v) is 56.3. The number of carbonyl (C=O) groups is 4. The van der Waals surface area contributed by atoms with E-state index in [2.05, 4.69) is 55.4 Å². The first kappa shape index (κ1) is 82.1. The number of ether oxygens (including phenoxy) is 4. The second-order valence-electron chi connectivity index (χ2n) is 25.2. The molecular formula is C65H126O17P2. The lowest BCUT2D eigenvalue weighted by Gasteiger charge is -2.21. The first-order chi connectivity index (χ1) is 40.1. The SMILES string of the molecule is CCC(C)CCCCCCCCC(=O)OC[C@H](COP(=O)(O)OC[C@H](O)COP(=O)(O)OC[C@@H](COC(=O)CCCCCCCCCC(C)C)OC(=O)CCCCCCCCC(C)C)OC(=O)CCCCCCCCCCCCCCC(C)C. The number of phosphoric acid groups is 2. The topological polar surface area (TPSA) is 237 Å². The van der Waals surface area contributed by atoms with Gasteiger partial charge in [-0.2, -0.15) is 0 Å². The minimum atomic E-state index is -4.95. The van der Waals surface area contributed by atoms with E-state index in [1.165, 1.54) is 103 Å². The molecule has 0 fully saturated rings. The van der Waals surface area contributed by atoms with Crippen molar-refractivity contribution >= 4 is 39.5 Å². The van der Waals surface area contributed by atoms with Crippen LogP contribution < -0.4 is 0 Å². The van der Waals surface area contributed by atoms with Gasteiger partial charge >= 0.3 is 39.5 Å². The zero-order valence-electron chi connectivity index (χ0n) is 54.5. The summed E-state index contributed by atoms with van der Waals surface area (Å²) in [5.74, 6) is 0.740. The summed E-state index contributed by atoms with van der Waals surface area (Å²) < 4.78 is 68.0. The minimum absolute atomic E-state index is 0.101. The summed E-state index contributed by atoms with van der Waals surface area (Å²) >= 11 is 0. The Morgan fingerprint density at radius 3 is 0.845 bits per heavy atom. The summed E-state index contributed by atoms with van der Waals surface area (Å²) in [6.45, 7) is 13.9. The van der Waals surface area contributed by atoms with Crippen LogP contribution in [-0.2, 0) is 65.4 Å². The van der Waals surface area contributed by atoms with Crippen LogP contribution in [0.1, 0.15) is 312 Å². The highest BCUT2D eigenvalue weighted by atomic mass is 31.2. The van der Waals surface area contributed by atoms with Crippen LogP contribution in [0.4, 0.5) is 0 Å². The smallest absolute Gasteiger partial charge is 0.462 e. The van der Waals surface area contributed by atoms with Crippen molar-refractivity contribution in [1.29, 1.82) is 0 Å². The van der Waals surface area contributed by atoms with Crippen LogP contribution in [0.15, 0.2) is 0 Å². The molecule has 3 N–H and O–H groups in total. The van der Waals surface area contributed by atoms with Gasteiger partial charge in [-0.25, -0.2) is 9.13 Å². The van der Waals surface area contributed by atoms with E-state index >= 15 is 0 Å². The van der Waals surface area contributed by atoms with Gasteiger partial charge in [-0.1, -0.05) is 261 Å². The van der Waals surface area contributed by atoms with Gasteiger partial charge in [0.1, 0.15) is 19.3 Å². The second-order valence-corrected chi connectivity index (χ2v) is 28.1. The molecule has 0 rings (SSSR count). The first-order valence-electron chi connectivity index (χ1n) is 33.7. The van der Waals surface area contributed by atoms with E-state index in [-0.39, 0.29) is 25.7 Å². The standard InChI is InChI=1S/C65H126O17P2/c1-9-58(8)44-36-28-22-24-30-38-46-63(68)76-52-60(81-64(69)47-39-31-19-15-13-11-10-12-14-17-25-33-41-55(2)3)53-79-83(71,72)77-49-59(66)50-78-84(73,74)80-54-61(82-65(70)48-40-32-23-21-27-35-43-57(6)7)51-75-62(67)45-37-29-20-16-18-26-34-42-56(4)5/h55-61,66H,9-54H2,1-8H3,(H,71,72)(H,73,74)/t58?,59-,60+,61+/m0/s1. The molecule has 0 aromatic carbocycles. The van der Waals surface area contributed by atoms with Gasteiger partial charge in [-0.15, -0.1) is 0 Å². The summed E-state index contributed by atoms with van der Waals surface area (Å²) in [6.07, 6.45) is 35.1. The summed E-state index contributed by atoms with van der Waals surface area (Å²) in [6, 6.07) is 0. The van der Waals surface area contributed by atoms with Crippen LogP contribution in [0.25, 0.3) is 0 Å². The molecule has 0 aliphatic heterocycles. The van der Waals surface area contributed by atoms with E-state index in [1.54, 1.807) is 0 Å². The number of carbonyl (C=O) groups excluding carboxylic acids is 4. The van der Waals surface area contributed by atoms with Crippen molar-refractivity contribution in [3.05, 3.63) is 0 Å². The first-order valence-corrected chi connectivity index (χ1v) is 36.7. The highest BCUT2D eigenvalue weighted by molar-refractivity contribution is 7.47. The van der Waals surface area contributed by atoms with Crippen LogP contribution in [0.2, 0.25) is 0 Å². The molecule has 84 heavy (non-hydrogen) atoms. The van der Waals surface area contributed by atoms with Crippen LogP contribution in [0.5, 0.6) is 0 Å². The summed E-state index contributed by atoms with van der Waals surface area (Å²) in [7, 11) is -9.89. The number of rotatable bonds is 62. The maximum absolute atomic E-state index is 13.0. The second kappa shape index (κ2) is 55.2. The Bertz CT molecular complexity index is 1680. The largest absolute Gasteiger partial charge is 0.472 e. The van der Waals surface area contributed by atoms with Gasteiger partial charge in [-0.05, 0) is 49.4 Å². The molecule has 0 bridgehead atoms. The fourth-order valence-corrected chi connectivity index (χ4v) is 11.2. The Morgan fingerprint density at radius 2 is 0.571 bits per heavy atom. The Labute approximate surface area is 511 Å². The average Bonchev–Trinajstić information content (AvgIpc) is 3.46. The third-order valence-corrected chi connectivity index (χ3v) is 17.1. The number of phosphoric ester groups is 2. The fraction of sp³-hybridized carbons (Fsp3) is 0.938. The van der Waals surface area contributed by atoms with E-state index in [9.17, 15) is 43.2 Å². The number of aliphatic hydroxyl groups excluding tert-OH is 1. The minimum Gasteiger partial charge on any atom is -0.462 e. The number of esters is 4. The Morgan fingerprint density at radius 1 is 0.333 bits per heavy atom. The van der Waals surface area contributed by atoms with E-state index < -0.39 is 97.5 Å². The third-order valence-electron chi connectivity index (χ3n) is 15.2. The van der Waals surface area contributed by atoms with Crippen molar-refractivity contribution in [3.8, 4) is 0 Å². The fourth-order valence-electron chi connectivity index (χ4n) is 9.57. The molecule has 0 saturated carbocycles. The molecule has 3 unspecified atom stereocenters. The van der Waals surface area contributed by atoms with Crippen molar-refractivity contribution in [2.45, 2.75) is 331 Å². The maximum atomic E-state index is 13.0. The normalized spacial score (nSPS) is 14.7. The molecule has 0 aromatic heterocycles. The number of hydrogen-bond acceptors (Lipinski definition) is 15. The van der Waals surface area contributed by atoms with E-state index in [1.807, 2.05) is 0 Å². The van der Waals surface area contributed by atoms with Gasteiger partial charge in [-0.3, -0.25) is 37.3 Å². The molecule has 0 aromatic rings. The van der Waals surface area contributed by atoms with Crippen LogP contribution in [0, 0.1) is 23.7 Å². The number of aliphatic hydroxyl groups is 1. The molecule has 0 spiro atoms. The van der Waals surface area contributed by atoms with Gasteiger partial charge in [0.05, 0.1) is 26.4 Å². The van der Waals surface area contributed by atoms with Gasteiger partial charge < -0.3 is 33.8 Å². The number of hydrogen-bond donors (Lipinski definition) is 3. The zero-order chi connectivity index (χ0) is 62.5. The predicted octanol–water partition coefficient (Wildman–Crippen LogP) is 17.8. The van der Waals surface area contributed by atoms with Gasteiger partial charge in [0.25, 0.3) is 0 Å². The molecule has 19 heteroatoms. The molecule has 17 nitrogen and oxygen atoms in total. The summed E-state index contributed by atoms with van der Waals surface area (Å²) in [4.78, 5) is 72.2. The highest BCUT2D eigenvalue weighted by Gasteiger charge is 2.30. The van der Waals surface area contributed by atoms with Crippen molar-refractivity contribution in [3.63, 3.8) is 0 Å². The Balaban J connectivity index is 5.24. The molecule has 0 radical (unpaired) electrons. The molecule has 498 valence electrons. The predicted molar refractivity (Wildman–Crippen MR) is 335 cm³/mol. The maximum Gasteiger partial charge on any atom is 0.472 e. The molecule has 0 aliphatic carbocycles. The summed E-state index contributed by atoms with van der Waals surface area (Å²) in [5.41, 5.74) is 0. The van der Waals surface area contributed by atoms with Gasteiger partial charge in [0.2, 0.25) is 0 Å². The quantitative estimate of drug-likeness (QED) is 0.0222. The van der Waals surface area contributed by atoms with Crippen LogP contribution in [0.3, 0.4) is 0 Å². The average molecular weight is 1240 g/mol. The van der Waals surface area contributed by atoms with Crippen molar-refractivity contribution < 1.29 is 80.2 Å². The molecular weight excluding hydrogens is 1110 g/mol. The molecule has 6 atom stereocenters. The number of unbranched alkanes of at least 4 members (excludes halogenated alkanes) is 27. The molecule has 0 amide bonds. The van der Waals surface area contributed by atoms with Gasteiger partial charge in [0, 0.05) is 25.7 Å². The highest BCUT2D eigenvalue weighted by Crippen LogP contribution is 2.45. The van der Waals surface area contributed by atoms with E-state index in [0.717, 1.165) is 115 Å². The van der Waals surface area contributed by atoms with Crippen LogP contribution >= 0.6 is 15.6 Å². The third kappa shape index (κ3) is 57.8. The lowest BCUT2D eigenvalue weighted by atomic mass is 10.00.